The van der Waals surface area contributed by atoms with E-state index < -0.39 is 11.7 Å². The van der Waals surface area contributed by atoms with Gasteiger partial charge in [-0.3, -0.25) is 4.79 Å². The number of benzene rings is 2. The van der Waals surface area contributed by atoms with Gasteiger partial charge < -0.3 is 10.1 Å². The van der Waals surface area contributed by atoms with E-state index in [0.29, 0.717) is 12.8 Å². The summed E-state index contributed by atoms with van der Waals surface area (Å²) >= 11 is 1.24. The molecule has 2 unspecified atom stereocenters. The van der Waals surface area contributed by atoms with Crippen LogP contribution in [0.4, 0.5) is 4.79 Å². The summed E-state index contributed by atoms with van der Waals surface area (Å²) in [5.74, 6) is -0.234. The van der Waals surface area contributed by atoms with Crippen molar-refractivity contribution < 1.29 is 14.3 Å². The van der Waals surface area contributed by atoms with Crippen LogP contribution in [-0.2, 0) is 16.0 Å². The molecular formula is C23H27NO3S. The number of fused-ring (bicyclic) bond motifs is 1. The number of ether oxygens (including phenoxy) is 1. The lowest BCUT2D eigenvalue weighted by Gasteiger charge is -2.32. The van der Waals surface area contributed by atoms with Crippen LogP contribution < -0.4 is 5.32 Å². The zero-order valence-electron chi connectivity index (χ0n) is 16.8. The maximum atomic E-state index is 12.7. The Morgan fingerprint density at radius 3 is 2.43 bits per heavy atom. The minimum Gasteiger partial charge on any atom is -0.444 e. The first kappa shape index (κ1) is 20.5. The summed E-state index contributed by atoms with van der Waals surface area (Å²) in [6.45, 7) is 5.52. The third kappa shape index (κ3) is 4.96. The topological polar surface area (TPSA) is 55.4 Å². The molecule has 0 saturated carbocycles. The van der Waals surface area contributed by atoms with Crippen LogP contribution in [0.5, 0.6) is 0 Å². The maximum Gasteiger partial charge on any atom is 0.407 e. The fraction of sp³-hybridized carbons (Fsp3) is 0.391. The van der Waals surface area contributed by atoms with Crippen molar-refractivity contribution >= 4 is 23.0 Å². The number of amides is 1. The van der Waals surface area contributed by atoms with Crippen molar-refractivity contribution in [2.75, 3.05) is 6.26 Å². The molecule has 5 heteroatoms. The second-order valence-corrected chi connectivity index (χ2v) is 8.95. The van der Waals surface area contributed by atoms with Crippen LogP contribution in [0.3, 0.4) is 0 Å². The van der Waals surface area contributed by atoms with Gasteiger partial charge in [-0.25, -0.2) is 4.79 Å². The average Bonchev–Trinajstić information content (AvgIpc) is 2.65. The number of carbonyl (C=O) groups is 2. The zero-order valence-corrected chi connectivity index (χ0v) is 17.6. The fourth-order valence-electron chi connectivity index (χ4n) is 3.63. The Balaban J connectivity index is 1.87. The van der Waals surface area contributed by atoms with Gasteiger partial charge in [0.25, 0.3) is 0 Å². The minimum absolute atomic E-state index is 0.119. The van der Waals surface area contributed by atoms with Crippen LogP contribution in [0.1, 0.15) is 44.2 Å². The Bertz CT molecular complexity index is 858. The average molecular weight is 398 g/mol. The number of carbonyl (C=O) groups excluding carboxylic acids is 2. The summed E-state index contributed by atoms with van der Waals surface area (Å²) in [4.78, 5) is 24.9. The summed E-state index contributed by atoms with van der Waals surface area (Å²) in [7, 11) is 0. The largest absolute Gasteiger partial charge is 0.444 e. The molecule has 0 heterocycles. The molecular weight excluding hydrogens is 370 g/mol. The van der Waals surface area contributed by atoms with E-state index >= 15 is 0 Å². The van der Waals surface area contributed by atoms with Gasteiger partial charge in [-0.05, 0) is 62.1 Å². The molecule has 1 N–H and O–H groups in total. The van der Waals surface area contributed by atoms with Crippen LogP contribution in [0.25, 0.3) is 11.1 Å². The third-order valence-corrected chi connectivity index (χ3v) is 5.51. The number of rotatable bonds is 3. The minimum atomic E-state index is -0.546. The van der Waals surface area contributed by atoms with E-state index in [4.69, 9.17) is 4.74 Å². The Labute approximate surface area is 171 Å². The lowest BCUT2D eigenvalue weighted by molar-refractivity contribution is -0.112. The van der Waals surface area contributed by atoms with Crippen molar-refractivity contribution in [3.8, 4) is 11.1 Å². The molecule has 0 aromatic heterocycles. The molecule has 0 bridgehead atoms. The second-order valence-electron chi connectivity index (χ2n) is 8.14. The van der Waals surface area contributed by atoms with Crippen molar-refractivity contribution in [2.24, 2.45) is 0 Å². The van der Waals surface area contributed by atoms with Crippen LogP contribution >= 0.6 is 11.8 Å². The monoisotopic (exact) mass is 397 g/mol. The van der Waals surface area contributed by atoms with E-state index in [9.17, 15) is 9.59 Å². The van der Waals surface area contributed by atoms with Crippen LogP contribution in [0, 0.1) is 0 Å². The molecule has 0 radical (unpaired) electrons. The molecule has 0 spiro atoms. The Morgan fingerprint density at radius 1 is 1.07 bits per heavy atom. The van der Waals surface area contributed by atoms with Gasteiger partial charge in [0.05, 0.1) is 5.92 Å². The molecule has 1 aliphatic rings. The van der Waals surface area contributed by atoms with Gasteiger partial charge in [0.2, 0.25) is 0 Å². The van der Waals surface area contributed by atoms with Crippen molar-refractivity contribution in [3.05, 3.63) is 59.7 Å². The van der Waals surface area contributed by atoms with Gasteiger partial charge in [-0.1, -0.05) is 60.3 Å². The van der Waals surface area contributed by atoms with Crippen molar-refractivity contribution in [2.45, 2.75) is 51.2 Å². The molecule has 1 amide bonds. The van der Waals surface area contributed by atoms with Crippen molar-refractivity contribution in [1.29, 1.82) is 0 Å². The van der Waals surface area contributed by atoms with Gasteiger partial charge >= 0.3 is 6.09 Å². The zero-order chi connectivity index (χ0) is 20.3. The van der Waals surface area contributed by atoms with Gasteiger partial charge in [-0.15, -0.1) is 0 Å². The van der Waals surface area contributed by atoms with E-state index in [-0.39, 0.29) is 17.1 Å². The highest BCUT2D eigenvalue weighted by Crippen LogP contribution is 2.37. The molecule has 148 valence electrons. The van der Waals surface area contributed by atoms with E-state index in [1.807, 2.05) is 45.2 Å². The summed E-state index contributed by atoms with van der Waals surface area (Å²) in [6, 6.07) is 16.4. The van der Waals surface area contributed by atoms with Gasteiger partial charge in [-0.2, -0.15) is 0 Å². The lowest BCUT2D eigenvalue weighted by Crippen LogP contribution is -2.43. The Morgan fingerprint density at radius 2 is 1.79 bits per heavy atom. The molecule has 3 rings (SSSR count). The first-order valence-corrected chi connectivity index (χ1v) is 10.7. The highest BCUT2D eigenvalue weighted by molar-refractivity contribution is 8.13. The Hall–Kier alpha value is -2.27. The van der Waals surface area contributed by atoms with Crippen LogP contribution in [0.2, 0.25) is 0 Å². The molecule has 0 fully saturated rings. The van der Waals surface area contributed by atoms with E-state index in [0.717, 1.165) is 22.3 Å². The van der Waals surface area contributed by atoms with Gasteiger partial charge in [0, 0.05) is 6.04 Å². The number of nitrogens with one attached hydrogen (secondary N) is 1. The van der Waals surface area contributed by atoms with Crippen LogP contribution in [0.15, 0.2) is 48.5 Å². The third-order valence-electron chi connectivity index (χ3n) is 4.82. The molecule has 2 aromatic carbocycles. The number of hydrogen-bond acceptors (Lipinski definition) is 4. The number of alkyl carbamates (subject to hydrolysis) is 1. The number of hydrogen-bond donors (Lipinski definition) is 1. The van der Waals surface area contributed by atoms with E-state index in [1.165, 1.54) is 11.8 Å². The maximum absolute atomic E-state index is 12.7. The summed E-state index contributed by atoms with van der Waals surface area (Å²) < 4.78 is 5.39. The standard InChI is InChI=1S/C23H27NO3S/c1-23(2,3)27-22(26)24-18-12-17-11-10-16(15-8-6-5-7-9-15)13-19(17)20(14-18)21(25)28-4/h5-11,13,18,20H,12,14H2,1-4H3,(H,24,26). The first-order valence-electron chi connectivity index (χ1n) is 9.52. The molecule has 0 aliphatic heterocycles. The Kier molecular flexibility index (Phi) is 6.14. The van der Waals surface area contributed by atoms with E-state index in [2.05, 4.69) is 35.6 Å². The fourth-order valence-corrected chi connectivity index (χ4v) is 4.13. The SMILES string of the molecule is CSC(=O)C1CC(NC(=O)OC(C)(C)C)Cc2ccc(-c3ccccc3)cc21. The first-order chi connectivity index (χ1) is 13.3. The quantitative estimate of drug-likeness (QED) is 0.777. The van der Waals surface area contributed by atoms with Crippen molar-refractivity contribution in [1.82, 2.24) is 5.32 Å². The van der Waals surface area contributed by atoms with E-state index in [1.54, 1.807) is 0 Å². The molecule has 28 heavy (non-hydrogen) atoms. The summed E-state index contributed by atoms with van der Waals surface area (Å²) in [6.07, 6.45) is 2.66. The summed E-state index contributed by atoms with van der Waals surface area (Å²) in [5, 5.41) is 3.08. The predicted molar refractivity (Wildman–Crippen MR) is 115 cm³/mol. The predicted octanol–water partition coefficient (Wildman–Crippen LogP) is 5.17. The highest BCUT2D eigenvalue weighted by atomic mass is 32.2. The van der Waals surface area contributed by atoms with Gasteiger partial charge in [0.15, 0.2) is 5.12 Å². The van der Waals surface area contributed by atoms with Crippen molar-refractivity contribution in [3.63, 3.8) is 0 Å². The lowest BCUT2D eigenvalue weighted by atomic mass is 9.79. The summed E-state index contributed by atoms with van der Waals surface area (Å²) in [5.41, 5.74) is 3.88. The molecule has 4 nitrogen and oxygen atoms in total. The molecule has 2 aromatic rings. The van der Waals surface area contributed by atoms with Crippen LogP contribution in [-0.4, -0.2) is 29.1 Å². The second kappa shape index (κ2) is 8.39. The molecule has 2 atom stereocenters. The normalized spacial score (nSPS) is 18.9. The highest BCUT2D eigenvalue weighted by Gasteiger charge is 2.33. The number of thioether (sulfide) groups is 1. The van der Waals surface area contributed by atoms with Gasteiger partial charge in [0.1, 0.15) is 5.60 Å². The molecule has 0 saturated heterocycles. The smallest absolute Gasteiger partial charge is 0.407 e. The molecule has 1 aliphatic carbocycles.